The fourth-order valence-electron chi connectivity index (χ4n) is 4.25. The predicted octanol–water partition coefficient (Wildman–Crippen LogP) is 4.18. The summed E-state index contributed by atoms with van der Waals surface area (Å²) in [4.78, 5) is 22.4. The van der Waals surface area contributed by atoms with E-state index in [1.165, 1.54) is 17.5 Å². The van der Waals surface area contributed by atoms with Crippen molar-refractivity contribution in [2.24, 2.45) is 0 Å². The molecular formula is C22H21N3O2. The van der Waals surface area contributed by atoms with Crippen molar-refractivity contribution in [1.82, 2.24) is 14.9 Å². The van der Waals surface area contributed by atoms with Gasteiger partial charge in [0, 0.05) is 11.4 Å². The quantitative estimate of drug-likeness (QED) is 0.596. The minimum atomic E-state index is -0.219. The lowest BCUT2D eigenvalue weighted by Gasteiger charge is -2.33. The molecule has 0 bridgehead atoms. The van der Waals surface area contributed by atoms with Gasteiger partial charge in [-0.05, 0) is 49.6 Å². The van der Waals surface area contributed by atoms with Crippen LogP contribution in [0.1, 0.15) is 35.8 Å². The molecule has 0 aliphatic heterocycles. The molecule has 4 aromatic rings. The number of furan rings is 1. The van der Waals surface area contributed by atoms with Crippen LogP contribution in [0.2, 0.25) is 0 Å². The van der Waals surface area contributed by atoms with E-state index in [4.69, 9.17) is 9.40 Å². The maximum absolute atomic E-state index is 12.5. The normalized spacial score (nSPS) is 16.9. The summed E-state index contributed by atoms with van der Waals surface area (Å²) >= 11 is 0. The topological polar surface area (TPSA) is 62.1 Å². The number of nitrogens with zero attached hydrogens (tertiary/aromatic N) is 2. The van der Waals surface area contributed by atoms with E-state index >= 15 is 0 Å². The largest absolute Gasteiger partial charge is 0.449 e. The van der Waals surface area contributed by atoms with Crippen LogP contribution in [0, 0.1) is 0 Å². The van der Waals surface area contributed by atoms with Crippen LogP contribution in [0.15, 0.2) is 57.7 Å². The number of hydrogen-bond donors (Lipinski definition) is 1. The number of para-hydroxylation sites is 1. The molecule has 5 nitrogen and oxygen atoms in total. The molecule has 0 saturated carbocycles. The van der Waals surface area contributed by atoms with Gasteiger partial charge in [0.2, 0.25) is 5.58 Å². The number of H-pyrrole nitrogens is 1. The minimum Gasteiger partial charge on any atom is -0.449 e. The van der Waals surface area contributed by atoms with Gasteiger partial charge in [-0.25, -0.2) is 4.98 Å². The van der Waals surface area contributed by atoms with Gasteiger partial charge in [0.05, 0.1) is 6.54 Å². The Hall–Kier alpha value is -2.92. The Labute approximate surface area is 156 Å². The lowest BCUT2D eigenvalue weighted by molar-refractivity contribution is 0.208. The smallest absolute Gasteiger partial charge is 0.294 e. The average molecular weight is 359 g/mol. The predicted molar refractivity (Wildman–Crippen MR) is 106 cm³/mol. The Kier molecular flexibility index (Phi) is 3.83. The first-order chi connectivity index (χ1) is 13.2. The zero-order valence-electron chi connectivity index (χ0n) is 15.2. The van der Waals surface area contributed by atoms with Gasteiger partial charge in [-0.3, -0.25) is 9.69 Å². The average Bonchev–Trinajstić information content (AvgIpc) is 3.07. The van der Waals surface area contributed by atoms with Gasteiger partial charge < -0.3 is 9.40 Å². The van der Waals surface area contributed by atoms with E-state index in [-0.39, 0.29) is 5.56 Å². The van der Waals surface area contributed by atoms with E-state index in [1.54, 1.807) is 0 Å². The van der Waals surface area contributed by atoms with E-state index in [9.17, 15) is 4.79 Å². The van der Waals surface area contributed by atoms with Gasteiger partial charge in [0.1, 0.15) is 16.9 Å². The van der Waals surface area contributed by atoms with E-state index in [0.29, 0.717) is 35.1 Å². The molecular weight excluding hydrogens is 338 g/mol. The number of aryl methyl sites for hydroxylation is 1. The van der Waals surface area contributed by atoms with Crippen molar-refractivity contribution in [1.29, 1.82) is 0 Å². The van der Waals surface area contributed by atoms with E-state index in [2.05, 4.69) is 41.2 Å². The van der Waals surface area contributed by atoms with Crippen molar-refractivity contribution in [2.75, 3.05) is 7.05 Å². The van der Waals surface area contributed by atoms with Crippen molar-refractivity contribution in [3.8, 4) is 0 Å². The van der Waals surface area contributed by atoms with Gasteiger partial charge >= 0.3 is 0 Å². The van der Waals surface area contributed by atoms with Crippen LogP contribution in [0.25, 0.3) is 22.1 Å². The minimum absolute atomic E-state index is 0.219. The maximum atomic E-state index is 12.5. The van der Waals surface area contributed by atoms with Gasteiger partial charge in [0.15, 0.2) is 0 Å². The Morgan fingerprint density at radius 3 is 2.93 bits per heavy atom. The van der Waals surface area contributed by atoms with E-state index < -0.39 is 0 Å². The molecule has 27 heavy (non-hydrogen) atoms. The summed E-state index contributed by atoms with van der Waals surface area (Å²) in [5.74, 6) is 0.671. The molecule has 136 valence electrons. The fraction of sp³-hybridized carbons (Fsp3) is 0.273. The summed E-state index contributed by atoms with van der Waals surface area (Å²) in [6, 6.07) is 16.6. The molecule has 1 aliphatic carbocycles. The number of fused-ring (bicyclic) bond motifs is 4. The highest BCUT2D eigenvalue weighted by Gasteiger charge is 2.24. The molecule has 0 saturated heterocycles. The summed E-state index contributed by atoms with van der Waals surface area (Å²) < 4.78 is 5.69. The fourth-order valence-corrected chi connectivity index (χ4v) is 4.25. The maximum Gasteiger partial charge on any atom is 0.294 e. The van der Waals surface area contributed by atoms with Gasteiger partial charge in [-0.2, -0.15) is 0 Å². The monoisotopic (exact) mass is 359 g/mol. The molecule has 1 atom stereocenters. The number of aromatic nitrogens is 2. The highest BCUT2D eigenvalue weighted by Crippen LogP contribution is 2.34. The van der Waals surface area contributed by atoms with E-state index in [1.807, 2.05) is 24.3 Å². The first-order valence-corrected chi connectivity index (χ1v) is 9.39. The molecule has 2 heterocycles. The lowest BCUT2D eigenvalue weighted by Crippen LogP contribution is -2.29. The van der Waals surface area contributed by atoms with Crippen LogP contribution in [0.3, 0.4) is 0 Å². The summed E-state index contributed by atoms with van der Waals surface area (Å²) in [7, 11) is 2.10. The van der Waals surface area contributed by atoms with Crippen molar-refractivity contribution in [3.63, 3.8) is 0 Å². The SMILES string of the molecule is CN(Cc1nc2c(oc3ccccc32)c(=O)[nH]1)[C@@H]1CCCc2ccccc21. The Bertz CT molecular complexity index is 1190. The molecule has 0 fully saturated rings. The third kappa shape index (κ3) is 2.75. The zero-order valence-corrected chi connectivity index (χ0v) is 15.2. The van der Waals surface area contributed by atoms with Crippen molar-refractivity contribution < 1.29 is 4.42 Å². The van der Waals surface area contributed by atoms with Gasteiger partial charge in [0.25, 0.3) is 5.56 Å². The number of rotatable bonds is 3. The van der Waals surface area contributed by atoms with Gasteiger partial charge in [-0.15, -0.1) is 0 Å². The van der Waals surface area contributed by atoms with Crippen LogP contribution in [-0.4, -0.2) is 21.9 Å². The Morgan fingerprint density at radius 1 is 1.19 bits per heavy atom. The Morgan fingerprint density at radius 2 is 2.00 bits per heavy atom. The Balaban J connectivity index is 1.51. The third-order valence-electron chi connectivity index (χ3n) is 5.55. The number of nitrogens with one attached hydrogen (secondary N) is 1. The second-order valence-electron chi connectivity index (χ2n) is 7.31. The highest BCUT2D eigenvalue weighted by molar-refractivity contribution is 6.01. The van der Waals surface area contributed by atoms with Crippen LogP contribution in [0.4, 0.5) is 0 Å². The molecule has 0 radical (unpaired) electrons. The molecule has 2 aromatic carbocycles. The molecule has 0 spiro atoms. The summed E-state index contributed by atoms with van der Waals surface area (Å²) in [6.07, 6.45) is 3.44. The number of benzene rings is 2. The second-order valence-corrected chi connectivity index (χ2v) is 7.31. The first kappa shape index (κ1) is 16.3. The lowest BCUT2D eigenvalue weighted by atomic mass is 9.87. The molecule has 5 heteroatoms. The summed E-state index contributed by atoms with van der Waals surface area (Å²) in [5.41, 5.74) is 4.23. The first-order valence-electron chi connectivity index (χ1n) is 9.39. The van der Waals surface area contributed by atoms with E-state index in [0.717, 1.165) is 18.2 Å². The van der Waals surface area contributed by atoms with Crippen LogP contribution < -0.4 is 5.56 Å². The zero-order chi connectivity index (χ0) is 18.4. The standard InChI is InChI=1S/C22H21N3O2/c1-25(17-11-6-8-14-7-2-3-9-15(14)17)13-19-23-20-16-10-4-5-12-18(16)27-21(20)22(26)24-19/h2-5,7,9-10,12,17H,6,8,11,13H2,1H3,(H,23,24,26)/t17-/m1/s1. The van der Waals surface area contributed by atoms with Crippen LogP contribution in [0.5, 0.6) is 0 Å². The molecule has 0 unspecified atom stereocenters. The molecule has 5 rings (SSSR count). The van der Waals surface area contributed by atoms with Crippen molar-refractivity contribution >= 4 is 22.1 Å². The van der Waals surface area contributed by atoms with Gasteiger partial charge in [-0.1, -0.05) is 36.4 Å². The molecule has 2 aromatic heterocycles. The summed E-state index contributed by atoms with van der Waals surface area (Å²) in [6.45, 7) is 0.587. The summed E-state index contributed by atoms with van der Waals surface area (Å²) in [5, 5.41) is 0.880. The number of aromatic amines is 1. The molecule has 0 amide bonds. The van der Waals surface area contributed by atoms with Crippen molar-refractivity contribution in [2.45, 2.75) is 31.8 Å². The van der Waals surface area contributed by atoms with Crippen LogP contribution in [-0.2, 0) is 13.0 Å². The van der Waals surface area contributed by atoms with Crippen molar-refractivity contribution in [3.05, 3.63) is 75.8 Å². The van der Waals surface area contributed by atoms with Crippen LogP contribution >= 0.6 is 0 Å². The molecule has 1 aliphatic rings. The molecule has 1 N–H and O–H groups in total. The third-order valence-corrected chi connectivity index (χ3v) is 5.55. The highest BCUT2D eigenvalue weighted by atomic mass is 16.3. The second kappa shape index (κ2) is 6.35. The number of hydrogen-bond acceptors (Lipinski definition) is 4.